The highest BCUT2D eigenvalue weighted by atomic mass is 19.4. The summed E-state index contributed by atoms with van der Waals surface area (Å²) in [5.41, 5.74) is -0.595. The summed E-state index contributed by atoms with van der Waals surface area (Å²) >= 11 is 0. The average Bonchev–Trinajstić information content (AvgIpc) is 2.46. The van der Waals surface area contributed by atoms with Crippen LogP contribution in [0, 0.1) is 5.92 Å². The minimum atomic E-state index is -4.36. The molecule has 1 aliphatic rings. The number of likely N-dealkylation sites (tertiary alicyclic amines) is 1. The molecule has 0 spiro atoms. The second-order valence-electron chi connectivity index (χ2n) is 7.15. The average molecular weight is 344 g/mol. The summed E-state index contributed by atoms with van der Waals surface area (Å²) in [6.45, 7) is 6.68. The van der Waals surface area contributed by atoms with Crippen molar-refractivity contribution in [3.05, 3.63) is 29.6 Å². The van der Waals surface area contributed by atoms with Gasteiger partial charge in [-0.25, -0.2) is 4.79 Å². The van der Waals surface area contributed by atoms with Gasteiger partial charge in [0.2, 0.25) is 0 Å². The Balaban J connectivity index is 1.84. The number of ether oxygens (including phenoxy) is 1. The predicted molar refractivity (Wildman–Crippen MR) is 83.5 cm³/mol. The zero-order valence-electron chi connectivity index (χ0n) is 14.2. The van der Waals surface area contributed by atoms with Crippen LogP contribution in [-0.2, 0) is 17.3 Å². The first-order chi connectivity index (χ1) is 11.0. The first-order valence-corrected chi connectivity index (χ1v) is 8.04. The third kappa shape index (κ3) is 5.39. The highest BCUT2D eigenvalue weighted by Crippen LogP contribution is 2.29. The fourth-order valence-electron chi connectivity index (χ4n) is 2.65. The van der Waals surface area contributed by atoms with Crippen LogP contribution in [0.25, 0.3) is 0 Å². The number of amides is 1. The molecule has 1 saturated heterocycles. The van der Waals surface area contributed by atoms with Crippen LogP contribution in [0.5, 0.6) is 0 Å². The van der Waals surface area contributed by atoms with Crippen molar-refractivity contribution < 1.29 is 22.7 Å². The van der Waals surface area contributed by atoms with E-state index in [0.29, 0.717) is 31.1 Å². The molecular weight excluding hydrogens is 321 g/mol. The quantitative estimate of drug-likeness (QED) is 0.804. The maximum absolute atomic E-state index is 12.5. The van der Waals surface area contributed by atoms with Gasteiger partial charge in [0.1, 0.15) is 5.60 Å². The van der Waals surface area contributed by atoms with Gasteiger partial charge in [-0.15, -0.1) is 0 Å². The van der Waals surface area contributed by atoms with Gasteiger partial charge in [-0.2, -0.15) is 13.2 Å². The Hall–Kier alpha value is -1.79. The zero-order chi connectivity index (χ0) is 18.0. The van der Waals surface area contributed by atoms with E-state index >= 15 is 0 Å². The fraction of sp³-hybridized carbons (Fsp3) is 0.647. The molecule has 0 N–H and O–H groups in total. The number of piperidine rings is 1. The molecule has 0 bridgehead atoms. The number of carbonyl (C=O) groups is 1. The molecule has 0 saturated carbocycles. The van der Waals surface area contributed by atoms with Crippen LogP contribution in [0.1, 0.15) is 44.9 Å². The van der Waals surface area contributed by atoms with Crippen molar-refractivity contribution in [2.24, 2.45) is 5.92 Å². The lowest BCUT2D eigenvalue weighted by molar-refractivity contribution is -0.137. The van der Waals surface area contributed by atoms with Crippen molar-refractivity contribution in [1.29, 1.82) is 0 Å². The molecule has 1 amide bonds. The predicted octanol–water partition coefficient (Wildman–Crippen LogP) is 4.29. The number of pyridine rings is 1. The molecule has 1 aromatic heterocycles. The monoisotopic (exact) mass is 344 g/mol. The van der Waals surface area contributed by atoms with E-state index in [4.69, 9.17) is 4.74 Å². The van der Waals surface area contributed by atoms with Gasteiger partial charge in [-0.05, 0) is 58.1 Å². The second-order valence-corrected chi connectivity index (χ2v) is 7.15. The Kier molecular flexibility index (Phi) is 5.40. The topological polar surface area (TPSA) is 42.4 Å². The van der Waals surface area contributed by atoms with Gasteiger partial charge in [0.25, 0.3) is 0 Å². The number of nitrogens with zero attached hydrogens (tertiary/aromatic N) is 2. The molecule has 0 unspecified atom stereocenters. The molecule has 0 aromatic carbocycles. The van der Waals surface area contributed by atoms with Gasteiger partial charge < -0.3 is 9.64 Å². The highest BCUT2D eigenvalue weighted by molar-refractivity contribution is 5.68. The molecule has 4 nitrogen and oxygen atoms in total. The van der Waals surface area contributed by atoms with Gasteiger partial charge in [-0.3, -0.25) is 4.98 Å². The third-order valence-electron chi connectivity index (χ3n) is 3.92. The molecular formula is C17H23F3N2O2. The molecule has 134 valence electrons. The summed E-state index contributed by atoms with van der Waals surface area (Å²) in [4.78, 5) is 17.6. The van der Waals surface area contributed by atoms with Crippen molar-refractivity contribution in [2.75, 3.05) is 13.1 Å². The molecule has 7 heteroatoms. The maximum atomic E-state index is 12.5. The number of carbonyl (C=O) groups excluding carboxylic acids is 1. The minimum Gasteiger partial charge on any atom is -0.444 e. The van der Waals surface area contributed by atoms with E-state index < -0.39 is 17.3 Å². The molecule has 2 heterocycles. The van der Waals surface area contributed by atoms with E-state index in [0.717, 1.165) is 25.1 Å². The van der Waals surface area contributed by atoms with Crippen LogP contribution in [0.15, 0.2) is 18.3 Å². The zero-order valence-corrected chi connectivity index (χ0v) is 14.2. The maximum Gasteiger partial charge on any atom is 0.417 e. The van der Waals surface area contributed by atoms with Crippen LogP contribution in [0.3, 0.4) is 0 Å². The van der Waals surface area contributed by atoms with Crippen LogP contribution >= 0.6 is 0 Å². The molecule has 0 aliphatic carbocycles. The van der Waals surface area contributed by atoms with Gasteiger partial charge in [-0.1, -0.05) is 0 Å². The largest absolute Gasteiger partial charge is 0.444 e. The van der Waals surface area contributed by atoms with Gasteiger partial charge in [0.15, 0.2) is 0 Å². The fourth-order valence-corrected chi connectivity index (χ4v) is 2.65. The van der Waals surface area contributed by atoms with Crippen LogP contribution in [0.2, 0.25) is 0 Å². The number of hydrogen-bond donors (Lipinski definition) is 0. The van der Waals surface area contributed by atoms with Crippen molar-refractivity contribution >= 4 is 6.09 Å². The molecule has 0 atom stereocenters. The Labute approximate surface area is 140 Å². The Morgan fingerprint density at radius 1 is 1.25 bits per heavy atom. The molecule has 1 fully saturated rings. The summed E-state index contributed by atoms with van der Waals surface area (Å²) in [5, 5.41) is 0. The number of halogens is 3. The molecule has 1 aromatic rings. The van der Waals surface area contributed by atoms with Crippen LogP contribution < -0.4 is 0 Å². The van der Waals surface area contributed by atoms with Gasteiger partial charge in [0.05, 0.1) is 5.56 Å². The second kappa shape index (κ2) is 6.99. The smallest absolute Gasteiger partial charge is 0.417 e. The normalized spacial score (nSPS) is 17.0. The number of alkyl halides is 3. The number of rotatable bonds is 2. The van der Waals surface area contributed by atoms with Gasteiger partial charge in [0, 0.05) is 25.0 Å². The first-order valence-electron chi connectivity index (χ1n) is 8.04. The Morgan fingerprint density at radius 2 is 1.88 bits per heavy atom. The van der Waals surface area contributed by atoms with Crippen molar-refractivity contribution in [3.63, 3.8) is 0 Å². The summed E-state index contributed by atoms with van der Waals surface area (Å²) in [7, 11) is 0. The van der Waals surface area contributed by atoms with E-state index in [1.54, 1.807) is 4.90 Å². The van der Waals surface area contributed by atoms with E-state index in [-0.39, 0.29) is 6.09 Å². The van der Waals surface area contributed by atoms with E-state index in [2.05, 4.69) is 4.98 Å². The van der Waals surface area contributed by atoms with E-state index in [1.165, 1.54) is 6.07 Å². The number of hydrogen-bond acceptors (Lipinski definition) is 3. The summed E-state index contributed by atoms with van der Waals surface area (Å²) in [6.07, 6.45) is -1.58. The van der Waals surface area contributed by atoms with Crippen LogP contribution in [-0.4, -0.2) is 34.7 Å². The Bertz CT molecular complexity index is 557. The summed E-state index contributed by atoms with van der Waals surface area (Å²) in [6, 6.07) is 2.50. The lowest BCUT2D eigenvalue weighted by atomic mass is 9.92. The molecule has 2 rings (SSSR count). The SMILES string of the molecule is CC(C)(C)OC(=O)N1CCC(Cc2ccc(C(F)(F)F)cn2)CC1. The number of aromatic nitrogens is 1. The Morgan fingerprint density at radius 3 is 2.33 bits per heavy atom. The summed E-state index contributed by atoms with van der Waals surface area (Å²) < 4.78 is 42.9. The standard InChI is InChI=1S/C17H23F3N2O2/c1-16(2,3)24-15(23)22-8-6-12(7-9-22)10-14-5-4-13(11-21-14)17(18,19)20/h4-5,11-12H,6-10H2,1-3H3. The summed E-state index contributed by atoms with van der Waals surface area (Å²) in [5.74, 6) is 0.313. The molecule has 1 aliphatic heterocycles. The third-order valence-corrected chi connectivity index (χ3v) is 3.92. The molecule has 24 heavy (non-hydrogen) atoms. The van der Waals surface area contributed by atoms with E-state index in [1.807, 2.05) is 20.8 Å². The van der Waals surface area contributed by atoms with Crippen LogP contribution in [0.4, 0.5) is 18.0 Å². The lowest BCUT2D eigenvalue weighted by Gasteiger charge is -2.33. The highest BCUT2D eigenvalue weighted by Gasteiger charge is 2.31. The van der Waals surface area contributed by atoms with Crippen molar-refractivity contribution in [2.45, 2.75) is 51.8 Å². The first kappa shape index (κ1) is 18.5. The van der Waals surface area contributed by atoms with Crippen molar-refractivity contribution in [1.82, 2.24) is 9.88 Å². The molecule has 0 radical (unpaired) electrons. The van der Waals surface area contributed by atoms with Gasteiger partial charge >= 0.3 is 12.3 Å². The minimum absolute atomic E-state index is 0.311. The van der Waals surface area contributed by atoms with Crippen molar-refractivity contribution in [3.8, 4) is 0 Å². The van der Waals surface area contributed by atoms with E-state index in [9.17, 15) is 18.0 Å². The lowest BCUT2D eigenvalue weighted by Crippen LogP contribution is -2.42.